The van der Waals surface area contributed by atoms with Gasteiger partial charge < -0.3 is 15.2 Å². The van der Waals surface area contributed by atoms with E-state index in [4.69, 9.17) is 4.74 Å². The first-order valence-corrected chi connectivity index (χ1v) is 6.76. The quantitative estimate of drug-likeness (QED) is 0.837. The van der Waals surface area contributed by atoms with Crippen molar-refractivity contribution in [2.75, 3.05) is 13.2 Å². The molecule has 1 aromatic rings. The second-order valence-electron chi connectivity index (χ2n) is 5.14. The first-order chi connectivity index (χ1) is 8.64. The van der Waals surface area contributed by atoms with E-state index >= 15 is 0 Å². The Kier molecular flexibility index (Phi) is 4.38. The molecular weight excluding hydrogens is 226 g/mol. The average molecular weight is 249 g/mol. The van der Waals surface area contributed by atoms with Crippen molar-refractivity contribution in [2.45, 2.75) is 44.9 Å². The van der Waals surface area contributed by atoms with Crippen molar-refractivity contribution in [3.05, 3.63) is 35.4 Å². The number of aliphatic hydroxyl groups is 1. The molecule has 0 radical (unpaired) electrons. The van der Waals surface area contributed by atoms with Crippen LogP contribution in [0.4, 0.5) is 0 Å². The van der Waals surface area contributed by atoms with Gasteiger partial charge in [-0.15, -0.1) is 0 Å². The van der Waals surface area contributed by atoms with E-state index in [9.17, 15) is 5.11 Å². The Hall–Kier alpha value is -0.900. The Morgan fingerprint density at radius 3 is 2.56 bits per heavy atom. The van der Waals surface area contributed by atoms with Crippen LogP contribution in [0.25, 0.3) is 0 Å². The molecule has 0 amide bonds. The number of benzene rings is 1. The van der Waals surface area contributed by atoms with E-state index in [-0.39, 0.29) is 6.10 Å². The molecule has 0 aromatic heterocycles. The minimum atomic E-state index is -0.705. The summed E-state index contributed by atoms with van der Waals surface area (Å²) in [4.78, 5) is 0. The zero-order valence-electron chi connectivity index (χ0n) is 11.3. The SMILES string of the molecule is CCc1ccc(CNC[C@@]2(O)CCO[C@H]2C)cc1. The molecule has 3 heteroatoms. The molecule has 0 unspecified atom stereocenters. The molecule has 18 heavy (non-hydrogen) atoms. The molecule has 3 nitrogen and oxygen atoms in total. The summed E-state index contributed by atoms with van der Waals surface area (Å²) in [6.45, 7) is 6.13. The molecule has 1 aliphatic rings. The third kappa shape index (κ3) is 3.10. The fourth-order valence-electron chi connectivity index (χ4n) is 2.32. The summed E-state index contributed by atoms with van der Waals surface area (Å²) >= 11 is 0. The first-order valence-electron chi connectivity index (χ1n) is 6.76. The number of aryl methyl sites for hydroxylation is 1. The highest BCUT2D eigenvalue weighted by atomic mass is 16.5. The molecule has 0 aliphatic carbocycles. The zero-order chi connectivity index (χ0) is 13.0. The maximum Gasteiger partial charge on any atom is 0.105 e. The molecule has 1 aromatic carbocycles. The summed E-state index contributed by atoms with van der Waals surface area (Å²) in [7, 11) is 0. The average Bonchev–Trinajstić information content (AvgIpc) is 2.71. The minimum Gasteiger partial charge on any atom is -0.386 e. The van der Waals surface area contributed by atoms with Crippen LogP contribution in [0.15, 0.2) is 24.3 Å². The van der Waals surface area contributed by atoms with Crippen LogP contribution < -0.4 is 5.32 Å². The zero-order valence-corrected chi connectivity index (χ0v) is 11.3. The fraction of sp³-hybridized carbons (Fsp3) is 0.600. The van der Waals surface area contributed by atoms with Crippen molar-refractivity contribution in [3.8, 4) is 0 Å². The van der Waals surface area contributed by atoms with E-state index in [0.29, 0.717) is 13.2 Å². The smallest absolute Gasteiger partial charge is 0.105 e. The molecule has 1 heterocycles. The normalized spacial score (nSPS) is 27.6. The largest absolute Gasteiger partial charge is 0.386 e. The van der Waals surface area contributed by atoms with Crippen LogP contribution in [-0.4, -0.2) is 30.0 Å². The van der Waals surface area contributed by atoms with Gasteiger partial charge in [-0.3, -0.25) is 0 Å². The van der Waals surface area contributed by atoms with E-state index in [0.717, 1.165) is 19.4 Å². The molecule has 1 aliphatic heterocycles. The summed E-state index contributed by atoms with van der Waals surface area (Å²) in [6, 6.07) is 8.61. The summed E-state index contributed by atoms with van der Waals surface area (Å²) in [5, 5.41) is 13.7. The van der Waals surface area contributed by atoms with Gasteiger partial charge in [0.1, 0.15) is 5.60 Å². The Morgan fingerprint density at radius 2 is 2.00 bits per heavy atom. The van der Waals surface area contributed by atoms with E-state index in [1.54, 1.807) is 0 Å². The van der Waals surface area contributed by atoms with Gasteiger partial charge in [0.05, 0.1) is 6.10 Å². The van der Waals surface area contributed by atoms with Crippen LogP contribution in [0.3, 0.4) is 0 Å². The van der Waals surface area contributed by atoms with Crippen molar-refractivity contribution in [2.24, 2.45) is 0 Å². The number of nitrogens with one attached hydrogen (secondary N) is 1. The first kappa shape index (κ1) is 13.5. The monoisotopic (exact) mass is 249 g/mol. The highest BCUT2D eigenvalue weighted by molar-refractivity contribution is 5.22. The second kappa shape index (κ2) is 5.83. The standard InChI is InChI=1S/C15H23NO2/c1-3-13-4-6-14(7-5-13)10-16-11-15(17)8-9-18-12(15)2/h4-7,12,16-17H,3,8-11H2,1-2H3/t12-,15-/m0/s1. The Morgan fingerprint density at radius 1 is 1.33 bits per heavy atom. The molecule has 2 rings (SSSR count). The van der Waals surface area contributed by atoms with Crippen molar-refractivity contribution in [1.29, 1.82) is 0 Å². The van der Waals surface area contributed by atoms with E-state index in [2.05, 4.69) is 36.5 Å². The van der Waals surface area contributed by atoms with E-state index in [1.165, 1.54) is 11.1 Å². The topological polar surface area (TPSA) is 41.5 Å². The summed E-state index contributed by atoms with van der Waals surface area (Å²) < 4.78 is 5.41. The van der Waals surface area contributed by atoms with Gasteiger partial charge in [-0.25, -0.2) is 0 Å². The van der Waals surface area contributed by atoms with Crippen LogP contribution in [0, 0.1) is 0 Å². The molecule has 1 saturated heterocycles. The van der Waals surface area contributed by atoms with Crippen molar-refractivity contribution < 1.29 is 9.84 Å². The number of ether oxygens (including phenoxy) is 1. The van der Waals surface area contributed by atoms with Gasteiger partial charge in [0.2, 0.25) is 0 Å². The highest BCUT2D eigenvalue weighted by Gasteiger charge is 2.38. The Labute approximate surface area is 109 Å². The van der Waals surface area contributed by atoms with Gasteiger partial charge in [-0.2, -0.15) is 0 Å². The second-order valence-corrected chi connectivity index (χ2v) is 5.14. The molecule has 0 saturated carbocycles. The van der Waals surface area contributed by atoms with E-state index < -0.39 is 5.60 Å². The molecular formula is C15H23NO2. The Balaban J connectivity index is 1.81. The maximum atomic E-state index is 10.3. The van der Waals surface area contributed by atoms with Crippen molar-refractivity contribution in [3.63, 3.8) is 0 Å². The minimum absolute atomic E-state index is 0.0764. The van der Waals surface area contributed by atoms with Gasteiger partial charge in [0, 0.05) is 26.1 Å². The number of hydrogen-bond donors (Lipinski definition) is 2. The third-order valence-corrected chi connectivity index (χ3v) is 3.85. The summed E-state index contributed by atoms with van der Waals surface area (Å²) in [6.07, 6.45) is 1.71. The van der Waals surface area contributed by atoms with E-state index in [1.807, 2.05) is 6.92 Å². The van der Waals surface area contributed by atoms with Gasteiger partial charge >= 0.3 is 0 Å². The lowest BCUT2D eigenvalue weighted by atomic mass is 9.96. The molecule has 2 atom stereocenters. The molecule has 2 N–H and O–H groups in total. The van der Waals surface area contributed by atoms with Crippen LogP contribution in [0.1, 0.15) is 31.4 Å². The molecule has 0 bridgehead atoms. The summed E-state index contributed by atoms with van der Waals surface area (Å²) in [5.74, 6) is 0. The van der Waals surface area contributed by atoms with Gasteiger partial charge in [-0.1, -0.05) is 31.2 Å². The van der Waals surface area contributed by atoms with Gasteiger partial charge in [0.15, 0.2) is 0 Å². The number of hydrogen-bond acceptors (Lipinski definition) is 3. The Bertz CT molecular complexity index is 377. The molecule has 100 valence electrons. The third-order valence-electron chi connectivity index (χ3n) is 3.85. The van der Waals surface area contributed by atoms with Gasteiger partial charge in [0.25, 0.3) is 0 Å². The van der Waals surface area contributed by atoms with Crippen LogP contribution in [0.2, 0.25) is 0 Å². The fourth-order valence-corrected chi connectivity index (χ4v) is 2.32. The van der Waals surface area contributed by atoms with Crippen LogP contribution in [-0.2, 0) is 17.7 Å². The van der Waals surface area contributed by atoms with Crippen LogP contribution in [0.5, 0.6) is 0 Å². The highest BCUT2D eigenvalue weighted by Crippen LogP contribution is 2.24. The molecule has 1 fully saturated rings. The summed E-state index contributed by atoms with van der Waals surface area (Å²) in [5.41, 5.74) is 1.90. The predicted octanol–water partition coefficient (Wildman–Crippen LogP) is 1.88. The lowest BCUT2D eigenvalue weighted by Gasteiger charge is -2.26. The maximum absolute atomic E-state index is 10.3. The lowest BCUT2D eigenvalue weighted by molar-refractivity contribution is -0.0262. The number of rotatable bonds is 5. The predicted molar refractivity (Wildman–Crippen MR) is 72.5 cm³/mol. The van der Waals surface area contributed by atoms with Gasteiger partial charge in [-0.05, 0) is 24.5 Å². The van der Waals surface area contributed by atoms with Crippen LogP contribution >= 0.6 is 0 Å². The molecule has 0 spiro atoms. The van der Waals surface area contributed by atoms with Crippen molar-refractivity contribution >= 4 is 0 Å². The lowest BCUT2D eigenvalue weighted by Crippen LogP contribution is -2.45. The van der Waals surface area contributed by atoms with Crippen molar-refractivity contribution in [1.82, 2.24) is 5.32 Å².